The minimum atomic E-state index is 0.489. The van der Waals surface area contributed by atoms with Crippen molar-refractivity contribution in [3.8, 4) is 0 Å². The zero-order valence-corrected chi connectivity index (χ0v) is 11.7. The monoisotopic (exact) mass is 238 g/mol. The summed E-state index contributed by atoms with van der Waals surface area (Å²) in [5, 5.41) is 0. The molecule has 0 aromatic rings. The van der Waals surface area contributed by atoms with Crippen LogP contribution in [0.4, 0.5) is 0 Å². The van der Waals surface area contributed by atoms with Crippen molar-refractivity contribution in [1.29, 1.82) is 0 Å². The van der Waals surface area contributed by atoms with Crippen LogP contribution in [0.3, 0.4) is 0 Å². The fourth-order valence-electron chi connectivity index (χ4n) is 4.03. The molecule has 1 aliphatic carbocycles. The van der Waals surface area contributed by atoms with Crippen molar-refractivity contribution in [2.24, 2.45) is 17.6 Å². The first-order chi connectivity index (χ1) is 8.26. The zero-order chi connectivity index (χ0) is 12.3. The molecule has 1 saturated heterocycles. The summed E-state index contributed by atoms with van der Waals surface area (Å²) in [6, 6.07) is 1.32. The topological polar surface area (TPSA) is 29.3 Å². The molecule has 3 atom stereocenters. The third-order valence-electron chi connectivity index (χ3n) is 4.94. The van der Waals surface area contributed by atoms with Crippen LogP contribution in [0.1, 0.15) is 58.8 Å². The van der Waals surface area contributed by atoms with Crippen LogP contribution in [-0.2, 0) is 0 Å². The van der Waals surface area contributed by atoms with Crippen molar-refractivity contribution < 1.29 is 0 Å². The van der Waals surface area contributed by atoms with Gasteiger partial charge in [0.25, 0.3) is 0 Å². The van der Waals surface area contributed by atoms with Gasteiger partial charge in [0.2, 0.25) is 0 Å². The van der Waals surface area contributed by atoms with Crippen molar-refractivity contribution in [3.63, 3.8) is 0 Å². The van der Waals surface area contributed by atoms with Gasteiger partial charge < -0.3 is 5.73 Å². The minimum Gasteiger partial charge on any atom is -0.327 e. The van der Waals surface area contributed by atoms with Gasteiger partial charge in [-0.05, 0) is 37.5 Å². The molecule has 2 fully saturated rings. The van der Waals surface area contributed by atoms with E-state index in [-0.39, 0.29) is 0 Å². The van der Waals surface area contributed by atoms with Crippen LogP contribution < -0.4 is 5.73 Å². The number of nitrogens with two attached hydrogens (primary N) is 1. The predicted molar refractivity (Wildman–Crippen MR) is 74.0 cm³/mol. The van der Waals surface area contributed by atoms with Gasteiger partial charge in [-0.2, -0.15) is 0 Å². The number of rotatable bonds is 5. The van der Waals surface area contributed by atoms with E-state index in [1.807, 2.05) is 0 Å². The Balaban J connectivity index is 1.94. The summed E-state index contributed by atoms with van der Waals surface area (Å²) in [5.41, 5.74) is 6.30. The highest BCUT2D eigenvalue weighted by Crippen LogP contribution is 2.37. The smallest absolute Gasteiger partial charge is 0.00953 e. The van der Waals surface area contributed by atoms with E-state index < -0.39 is 0 Å². The Morgan fingerprint density at radius 3 is 2.41 bits per heavy atom. The lowest BCUT2D eigenvalue weighted by Crippen LogP contribution is -2.39. The molecular formula is C15H30N2. The Kier molecular flexibility index (Phi) is 4.87. The number of nitrogens with zero attached hydrogens (tertiary/aromatic N) is 1. The van der Waals surface area contributed by atoms with Gasteiger partial charge in [0, 0.05) is 25.2 Å². The van der Waals surface area contributed by atoms with Crippen molar-refractivity contribution in [3.05, 3.63) is 0 Å². The van der Waals surface area contributed by atoms with Gasteiger partial charge in [0.1, 0.15) is 0 Å². The first-order valence-electron chi connectivity index (χ1n) is 7.75. The lowest BCUT2D eigenvalue weighted by atomic mass is 9.78. The van der Waals surface area contributed by atoms with Gasteiger partial charge in [-0.25, -0.2) is 0 Å². The second-order valence-electron chi connectivity index (χ2n) is 6.20. The second kappa shape index (κ2) is 6.19. The lowest BCUT2D eigenvalue weighted by Gasteiger charge is -2.30. The van der Waals surface area contributed by atoms with E-state index >= 15 is 0 Å². The molecule has 2 N–H and O–H groups in total. The molecule has 0 aromatic carbocycles. The molecule has 0 radical (unpaired) electrons. The summed E-state index contributed by atoms with van der Waals surface area (Å²) in [4.78, 5) is 2.77. The third kappa shape index (κ3) is 3.03. The van der Waals surface area contributed by atoms with E-state index in [0.29, 0.717) is 6.04 Å². The van der Waals surface area contributed by atoms with Crippen LogP contribution in [0.25, 0.3) is 0 Å². The van der Waals surface area contributed by atoms with Gasteiger partial charge in [-0.1, -0.05) is 33.1 Å². The van der Waals surface area contributed by atoms with Gasteiger partial charge >= 0.3 is 0 Å². The van der Waals surface area contributed by atoms with Crippen molar-refractivity contribution in [1.82, 2.24) is 4.90 Å². The molecule has 2 heteroatoms. The second-order valence-corrected chi connectivity index (χ2v) is 6.20. The van der Waals surface area contributed by atoms with E-state index in [1.165, 1.54) is 58.0 Å². The average Bonchev–Trinajstić information content (AvgIpc) is 2.74. The molecule has 17 heavy (non-hydrogen) atoms. The molecule has 2 rings (SSSR count). The molecule has 1 saturated carbocycles. The first-order valence-corrected chi connectivity index (χ1v) is 7.75. The highest BCUT2D eigenvalue weighted by molar-refractivity contribution is 4.94. The van der Waals surface area contributed by atoms with Crippen molar-refractivity contribution in [2.75, 3.05) is 13.1 Å². The van der Waals surface area contributed by atoms with Gasteiger partial charge in [-0.15, -0.1) is 0 Å². The Morgan fingerprint density at radius 2 is 1.82 bits per heavy atom. The van der Waals surface area contributed by atoms with Crippen molar-refractivity contribution in [2.45, 2.75) is 70.9 Å². The maximum atomic E-state index is 6.30. The average molecular weight is 238 g/mol. The summed E-state index contributed by atoms with van der Waals surface area (Å²) in [7, 11) is 0. The molecule has 0 amide bonds. The van der Waals surface area contributed by atoms with Crippen LogP contribution in [-0.4, -0.2) is 30.1 Å². The molecular weight excluding hydrogens is 208 g/mol. The van der Waals surface area contributed by atoms with Crippen LogP contribution in [0.15, 0.2) is 0 Å². The van der Waals surface area contributed by atoms with E-state index in [1.54, 1.807) is 0 Å². The molecule has 1 aliphatic heterocycles. The van der Waals surface area contributed by atoms with Crippen LogP contribution in [0.2, 0.25) is 0 Å². The summed E-state index contributed by atoms with van der Waals surface area (Å²) < 4.78 is 0. The third-order valence-corrected chi connectivity index (χ3v) is 4.94. The Morgan fingerprint density at radius 1 is 1.12 bits per heavy atom. The summed E-state index contributed by atoms with van der Waals surface area (Å²) in [6.07, 6.45) is 9.46. The molecule has 0 bridgehead atoms. The molecule has 1 heterocycles. The fraction of sp³-hybridized carbons (Fsp3) is 1.00. The van der Waals surface area contributed by atoms with Crippen LogP contribution in [0.5, 0.6) is 0 Å². The normalized spacial score (nSPS) is 34.2. The molecule has 2 nitrogen and oxygen atoms in total. The Hall–Kier alpha value is -0.0800. The van der Waals surface area contributed by atoms with Gasteiger partial charge in [0.05, 0.1) is 0 Å². The Bertz CT molecular complexity index is 223. The minimum absolute atomic E-state index is 0.489. The molecule has 3 unspecified atom stereocenters. The molecule has 0 spiro atoms. The SMILES string of the molecule is CCCC(CCC)N1CC2CCCC(N)C2C1. The zero-order valence-electron chi connectivity index (χ0n) is 11.7. The largest absolute Gasteiger partial charge is 0.327 e. The number of likely N-dealkylation sites (tertiary alicyclic amines) is 1. The summed E-state index contributed by atoms with van der Waals surface area (Å²) >= 11 is 0. The van der Waals surface area contributed by atoms with E-state index in [4.69, 9.17) is 5.73 Å². The standard InChI is InChI=1S/C15H30N2/c1-3-6-13(7-4-2)17-10-12-8-5-9-15(16)14(12)11-17/h12-15H,3-11,16H2,1-2H3. The summed E-state index contributed by atoms with van der Waals surface area (Å²) in [5.74, 6) is 1.72. The number of hydrogen-bond acceptors (Lipinski definition) is 2. The Labute approximate surface area is 107 Å². The van der Waals surface area contributed by atoms with E-state index in [2.05, 4.69) is 18.7 Å². The highest BCUT2D eigenvalue weighted by Gasteiger charge is 2.40. The number of hydrogen-bond donors (Lipinski definition) is 1. The van der Waals surface area contributed by atoms with Crippen LogP contribution >= 0.6 is 0 Å². The molecule has 0 aromatic heterocycles. The number of fused-ring (bicyclic) bond motifs is 1. The van der Waals surface area contributed by atoms with Gasteiger partial charge in [0.15, 0.2) is 0 Å². The van der Waals surface area contributed by atoms with Gasteiger partial charge in [-0.3, -0.25) is 4.90 Å². The maximum Gasteiger partial charge on any atom is 0.00953 e. The maximum absolute atomic E-state index is 6.30. The highest BCUT2D eigenvalue weighted by atomic mass is 15.2. The van der Waals surface area contributed by atoms with Crippen LogP contribution in [0, 0.1) is 11.8 Å². The van der Waals surface area contributed by atoms with E-state index in [0.717, 1.165) is 17.9 Å². The predicted octanol–water partition coefficient (Wildman–Crippen LogP) is 3.01. The fourth-order valence-corrected chi connectivity index (χ4v) is 4.03. The van der Waals surface area contributed by atoms with Crippen molar-refractivity contribution >= 4 is 0 Å². The summed E-state index contributed by atoms with van der Waals surface area (Å²) in [6.45, 7) is 7.26. The first kappa shape index (κ1) is 13.4. The molecule has 2 aliphatic rings. The van der Waals surface area contributed by atoms with E-state index in [9.17, 15) is 0 Å². The molecule has 100 valence electrons. The quantitative estimate of drug-likeness (QED) is 0.798. The lowest BCUT2D eigenvalue weighted by molar-refractivity contribution is 0.204.